The van der Waals surface area contributed by atoms with Gasteiger partial charge in [0, 0.05) is 0 Å². The Balaban J connectivity index is 2.03. The Morgan fingerprint density at radius 3 is 2.52 bits per heavy atom. The number of amides is 4. The second kappa shape index (κ2) is 4.98. The monoisotopic (exact) mass is 286 g/mol. The lowest BCUT2D eigenvalue weighted by atomic mass is 9.66. The van der Waals surface area contributed by atoms with E-state index >= 15 is 0 Å². The molecule has 0 unspecified atom stereocenters. The SMILES string of the molecule is CCCc1ccccc1N1C(=O)NC(=O)C2(CCC2)C1=O. The molecule has 1 saturated heterocycles. The number of imide groups is 2. The second-order valence-corrected chi connectivity index (χ2v) is 5.71. The number of hydrogen-bond acceptors (Lipinski definition) is 3. The lowest BCUT2D eigenvalue weighted by Crippen LogP contribution is -2.66. The van der Waals surface area contributed by atoms with Crippen LogP contribution in [0.4, 0.5) is 10.5 Å². The molecular weight excluding hydrogens is 268 g/mol. The van der Waals surface area contributed by atoms with Gasteiger partial charge < -0.3 is 0 Å². The number of carbonyl (C=O) groups excluding carboxylic acids is 3. The quantitative estimate of drug-likeness (QED) is 0.868. The van der Waals surface area contributed by atoms with Crippen molar-refractivity contribution in [2.45, 2.75) is 39.0 Å². The van der Waals surface area contributed by atoms with Gasteiger partial charge in [-0.05, 0) is 30.9 Å². The fourth-order valence-corrected chi connectivity index (χ4v) is 3.08. The van der Waals surface area contributed by atoms with Gasteiger partial charge in [0.05, 0.1) is 5.69 Å². The first kappa shape index (κ1) is 13.8. The molecular formula is C16H18N2O3. The number of carbonyl (C=O) groups is 3. The van der Waals surface area contributed by atoms with Gasteiger partial charge in [-0.15, -0.1) is 0 Å². The summed E-state index contributed by atoms with van der Waals surface area (Å²) in [6, 6.07) is 6.75. The fourth-order valence-electron chi connectivity index (χ4n) is 3.08. The molecule has 1 aromatic carbocycles. The van der Waals surface area contributed by atoms with Crippen LogP contribution in [-0.4, -0.2) is 17.8 Å². The van der Waals surface area contributed by atoms with Crippen LogP contribution >= 0.6 is 0 Å². The number of rotatable bonds is 3. The van der Waals surface area contributed by atoms with Crippen LogP contribution in [0.15, 0.2) is 24.3 Å². The van der Waals surface area contributed by atoms with Crippen molar-refractivity contribution in [1.82, 2.24) is 5.32 Å². The zero-order valence-electron chi connectivity index (χ0n) is 12.0. The maximum atomic E-state index is 12.8. The van der Waals surface area contributed by atoms with Gasteiger partial charge in [0.15, 0.2) is 0 Å². The average Bonchev–Trinajstić information content (AvgIpc) is 2.39. The summed E-state index contributed by atoms with van der Waals surface area (Å²) < 4.78 is 0. The number of nitrogens with zero attached hydrogens (tertiary/aromatic N) is 1. The van der Waals surface area contributed by atoms with E-state index in [-0.39, 0.29) is 5.91 Å². The molecule has 3 rings (SSSR count). The van der Waals surface area contributed by atoms with Crippen molar-refractivity contribution in [3.63, 3.8) is 0 Å². The molecule has 0 bridgehead atoms. The van der Waals surface area contributed by atoms with E-state index in [0.717, 1.165) is 29.7 Å². The molecule has 0 atom stereocenters. The third kappa shape index (κ3) is 1.95. The largest absolute Gasteiger partial charge is 0.335 e. The first-order valence-electron chi connectivity index (χ1n) is 7.38. The Kier molecular flexibility index (Phi) is 3.27. The predicted octanol–water partition coefficient (Wildman–Crippen LogP) is 2.39. The zero-order valence-corrected chi connectivity index (χ0v) is 12.0. The lowest BCUT2D eigenvalue weighted by Gasteiger charge is -2.44. The number of benzene rings is 1. The highest BCUT2D eigenvalue weighted by atomic mass is 16.2. The van der Waals surface area contributed by atoms with Crippen molar-refractivity contribution in [1.29, 1.82) is 0 Å². The highest BCUT2D eigenvalue weighted by Gasteiger charge is 2.57. The molecule has 5 heteroatoms. The summed E-state index contributed by atoms with van der Waals surface area (Å²) in [5, 5.41) is 2.35. The number of nitrogens with one attached hydrogen (secondary N) is 1. The second-order valence-electron chi connectivity index (χ2n) is 5.71. The maximum Gasteiger partial charge on any atom is 0.335 e. The standard InChI is InChI=1S/C16H18N2O3/c1-2-6-11-7-3-4-8-12(11)18-14(20)16(9-5-10-16)13(19)17-15(18)21/h3-4,7-8H,2,5-6,9-10H2,1H3,(H,17,19,21). The molecule has 2 aliphatic rings. The minimum Gasteiger partial charge on any atom is -0.276 e. The molecule has 1 aliphatic carbocycles. The van der Waals surface area contributed by atoms with Crippen LogP contribution < -0.4 is 10.2 Å². The number of anilines is 1. The zero-order chi connectivity index (χ0) is 15.0. The Morgan fingerprint density at radius 1 is 1.19 bits per heavy atom. The van der Waals surface area contributed by atoms with Gasteiger partial charge >= 0.3 is 6.03 Å². The van der Waals surface area contributed by atoms with Crippen LogP contribution in [0.5, 0.6) is 0 Å². The number of barbiturate groups is 1. The summed E-state index contributed by atoms with van der Waals surface area (Å²) in [4.78, 5) is 38.1. The topological polar surface area (TPSA) is 66.5 Å². The molecule has 5 nitrogen and oxygen atoms in total. The van der Waals surface area contributed by atoms with E-state index in [0.29, 0.717) is 18.5 Å². The summed E-state index contributed by atoms with van der Waals surface area (Å²) in [7, 11) is 0. The number of hydrogen-bond donors (Lipinski definition) is 1. The Hall–Kier alpha value is -2.17. The van der Waals surface area contributed by atoms with Crippen LogP contribution in [0.1, 0.15) is 38.2 Å². The number of urea groups is 1. The molecule has 1 N–H and O–H groups in total. The van der Waals surface area contributed by atoms with E-state index < -0.39 is 17.4 Å². The van der Waals surface area contributed by atoms with Gasteiger partial charge in [-0.1, -0.05) is 38.0 Å². The molecule has 21 heavy (non-hydrogen) atoms. The van der Waals surface area contributed by atoms with Crippen molar-refractivity contribution in [2.24, 2.45) is 5.41 Å². The molecule has 1 aromatic rings. The Labute approximate surface area is 123 Å². The highest BCUT2D eigenvalue weighted by Crippen LogP contribution is 2.45. The Bertz CT molecular complexity index is 620. The number of aryl methyl sites for hydroxylation is 1. The molecule has 2 fully saturated rings. The molecule has 1 saturated carbocycles. The van der Waals surface area contributed by atoms with Gasteiger partial charge in [0.2, 0.25) is 5.91 Å². The fraction of sp³-hybridized carbons (Fsp3) is 0.438. The first-order valence-corrected chi connectivity index (χ1v) is 7.38. The minimum atomic E-state index is -1.02. The van der Waals surface area contributed by atoms with Crippen molar-refractivity contribution in [2.75, 3.05) is 4.90 Å². The normalized spacial score (nSPS) is 20.4. The van der Waals surface area contributed by atoms with E-state index in [1.54, 1.807) is 12.1 Å². The summed E-state index contributed by atoms with van der Waals surface area (Å²) in [6.45, 7) is 2.05. The van der Waals surface area contributed by atoms with E-state index in [1.807, 2.05) is 19.1 Å². The van der Waals surface area contributed by atoms with Crippen LogP contribution in [0.25, 0.3) is 0 Å². The van der Waals surface area contributed by atoms with Crippen LogP contribution in [0, 0.1) is 5.41 Å². The lowest BCUT2D eigenvalue weighted by molar-refractivity contribution is -0.148. The third-order valence-corrected chi connectivity index (χ3v) is 4.43. The van der Waals surface area contributed by atoms with Crippen molar-refractivity contribution in [3.05, 3.63) is 29.8 Å². The van der Waals surface area contributed by atoms with Gasteiger partial charge in [0.1, 0.15) is 5.41 Å². The molecule has 110 valence electrons. The first-order chi connectivity index (χ1) is 10.1. The molecule has 1 aliphatic heterocycles. The molecule has 0 radical (unpaired) electrons. The molecule has 4 amide bonds. The van der Waals surface area contributed by atoms with E-state index in [2.05, 4.69) is 5.32 Å². The summed E-state index contributed by atoms with van der Waals surface area (Å²) in [5.41, 5.74) is 0.528. The van der Waals surface area contributed by atoms with Crippen molar-refractivity contribution >= 4 is 23.5 Å². The van der Waals surface area contributed by atoms with Gasteiger partial charge in [0.25, 0.3) is 5.91 Å². The minimum absolute atomic E-state index is 0.369. The predicted molar refractivity (Wildman–Crippen MR) is 77.7 cm³/mol. The van der Waals surface area contributed by atoms with E-state index in [9.17, 15) is 14.4 Å². The maximum absolute atomic E-state index is 12.8. The van der Waals surface area contributed by atoms with E-state index in [1.165, 1.54) is 0 Å². The van der Waals surface area contributed by atoms with Gasteiger partial charge in [-0.2, -0.15) is 0 Å². The number of para-hydroxylation sites is 1. The molecule has 1 spiro atoms. The molecule has 1 heterocycles. The molecule has 0 aromatic heterocycles. The average molecular weight is 286 g/mol. The van der Waals surface area contributed by atoms with Gasteiger partial charge in [-0.3, -0.25) is 14.9 Å². The van der Waals surface area contributed by atoms with Crippen LogP contribution in [-0.2, 0) is 16.0 Å². The smallest absolute Gasteiger partial charge is 0.276 e. The van der Waals surface area contributed by atoms with Crippen molar-refractivity contribution in [3.8, 4) is 0 Å². The van der Waals surface area contributed by atoms with Crippen LogP contribution in [0.2, 0.25) is 0 Å². The summed E-state index contributed by atoms with van der Waals surface area (Å²) in [6.07, 6.45) is 3.60. The van der Waals surface area contributed by atoms with E-state index in [4.69, 9.17) is 0 Å². The van der Waals surface area contributed by atoms with Crippen molar-refractivity contribution < 1.29 is 14.4 Å². The summed E-state index contributed by atoms with van der Waals surface area (Å²) in [5.74, 6) is -0.806. The Morgan fingerprint density at radius 2 is 1.90 bits per heavy atom. The van der Waals surface area contributed by atoms with Gasteiger partial charge in [-0.25, -0.2) is 9.69 Å². The third-order valence-electron chi connectivity index (χ3n) is 4.43. The van der Waals surface area contributed by atoms with Crippen LogP contribution in [0.3, 0.4) is 0 Å². The highest BCUT2D eigenvalue weighted by molar-refractivity contribution is 6.30. The summed E-state index contributed by atoms with van der Waals surface area (Å²) >= 11 is 0.